The molecule has 1 heterocycles. The Morgan fingerprint density at radius 2 is 1.86 bits per heavy atom. The van der Waals surface area contributed by atoms with Gasteiger partial charge in [-0.25, -0.2) is 4.79 Å². The summed E-state index contributed by atoms with van der Waals surface area (Å²) in [7, 11) is 1.27. The third-order valence-corrected chi connectivity index (χ3v) is 3.12. The molecular weight excluding hydrogens is 270 g/mol. The second-order valence-electron chi connectivity index (χ2n) is 4.52. The van der Waals surface area contributed by atoms with Crippen molar-refractivity contribution in [3.05, 3.63) is 69.6 Å². The molecule has 0 saturated heterocycles. The molecule has 2 rings (SSSR count). The van der Waals surface area contributed by atoms with Crippen molar-refractivity contribution in [3.8, 4) is 0 Å². The molecule has 1 aromatic carbocycles. The van der Waals surface area contributed by atoms with Gasteiger partial charge in [0.25, 0.3) is 5.56 Å². The SMILES string of the molecule is COC(=O)c1c[nH]c(=O)c(CCC(=O)c2ccccc2)c1. The van der Waals surface area contributed by atoms with Crippen LogP contribution < -0.4 is 5.56 Å². The van der Waals surface area contributed by atoms with Crippen LogP contribution in [0.25, 0.3) is 0 Å². The average Bonchev–Trinajstić information content (AvgIpc) is 2.53. The number of nitrogens with one attached hydrogen (secondary N) is 1. The minimum absolute atomic E-state index is 0.0431. The number of pyridine rings is 1. The molecule has 0 amide bonds. The molecule has 5 nitrogen and oxygen atoms in total. The van der Waals surface area contributed by atoms with E-state index in [9.17, 15) is 14.4 Å². The fourth-order valence-corrected chi connectivity index (χ4v) is 1.97. The Kier molecular flexibility index (Phi) is 4.66. The largest absolute Gasteiger partial charge is 0.465 e. The van der Waals surface area contributed by atoms with Crippen molar-refractivity contribution >= 4 is 11.8 Å². The normalized spacial score (nSPS) is 10.1. The number of hydrogen-bond acceptors (Lipinski definition) is 4. The number of benzene rings is 1. The average molecular weight is 285 g/mol. The standard InChI is InChI=1S/C16H15NO4/c1-21-16(20)13-9-12(15(19)17-10-13)7-8-14(18)11-5-3-2-4-6-11/h2-6,9-10H,7-8H2,1H3,(H,17,19). The number of carbonyl (C=O) groups is 2. The minimum Gasteiger partial charge on any atom is -0.465 e. The number of aromatic nitrogens is 1. The maximum Gasteiger partial charge on any atom is 0.339 e. The molecule has 108 valence electrons. The summed E-state index contributed by atoms with van der Waals surface area (Å²) in [4.78, 5) is 37.6. The predicted molar refractivity (Wildman–Crippen MR) is 77.5 cm³/mol. The van der Waals surface area contributed by atoms with E-state index in [1.165, 1.54) is 19.4 Å². The maximum absolute atomic E-state index is 12.0. The van der Waals surface area contributed by atoms with Crippen LogP contribution in [0.15, 0.2) is 47.4 Å². The molecule has 0 aliphatic rings. The number of ketones is 1. The Labute approximate surface area is 121 Å². The van der Waals surface area contributed by atoms with Gasteiger partial charge in [-0.2, -0.15) is 0 Å². The zero-order chi connectivity index (χ0) is 15.2. The van der Waals surface area contributed by atoms with Gasteiger partial charge in [-0.05, 0) is 12.5 Å². The van der Waals surface area contributed by atoms with Crippen molar-refractivity contribution in [1.82, 2.24) is 4.98 Å². The quantitative estimate of drug-likeness (QED) is 0.673. The second kappa shape index (κ2) is 6.65. The number of carbonyl (C=O) groups excluding carboxylic acids is 2. The molecular formula is C16H15NO4. The summed E-state index contributed by atoms with van der Waals surface area (Å²) < 4.78 is 4.60. The van der Waals surface area contributed by atoms with Gasteiger partial charge in [0.15, 0.2) is 5.78 Å². The lowest BCUT2D eigenvalue weighted by Gasteiger charge is -2.03. The van der Waals surface area contributed by atoms with E-state index in [-0.39, 0.29) is 29.7 Å². The van der Waals surface area contributed by atoms with Gasteiger partial charge in [0, 0.05) is 23.7 Å². The minimum atomic E-state index is -0.526. The predicted octanol–water partition coefficient (Wildman–Crippen LogP) is 1.98. The number of ether oxygens (including phenoxy) is 1. The van der Waals surface area contributed by atoms with Crippen molar-refractivity contribution in [2.75, 3.05) is 7.11 Å². The van der Waals surface area contributed by atoms with E-state index >= 15 is 0 Å². The molecule has 0 aliphatic carbocycles. The summed E-state index contributed by atoms with van der Waals surface area (Å²) in [5.41, 5.74) is 0.961. The molecule has 0 radical (unpaired) electrons. The van der Waals surface area contributed by atoms with Gasteiger partial charge < -0.3 is 9.72 Å². The summed E-state index contributed by atoms with van der Waals surface area (Å²) in [5.74, 6) is -0.569. The van der Waals surface area contributed by atoms with Crippen LogP contribution >= 0.6 is 0 Å². The Morgan fingerprint density at radius 1 is 1.14 bits per heavy atom. The van der Waals surface area contributed by atoms with Crippen LogP contribution in [0.5, 0.6) is 0 Å². The number of esters is 1. The van der Waals surface area contributed by atoms with Crippen LogP contribution in [0.3, 0.4) is 0 Å². The fraction of sp³-hybridized carbons (Fsp3) is 0.188. The molecule has 1 N–H and O–H groups in total. The molecule has 0 bridgehead atoms. The van der Waals surface area contributed by atoms with Crippen molar-refractivity contribution in [2.24, 2.45) is 0 Å². The Morgan fingerprint density at radius 3 is 2.52 bits per heavy atom. The van der Waals surface area contributed by atoms with Crippen LogP contribution in [0.4, 0.5) is 0 Å². The Balaban J connectivity index is 2.11. The van der Waals surface area contributed by atoms with Gasteiger partial charge in [0.1, 0.15) is 0 Å². The third kappa shape index (κ3) is 3.66. The summed E-state index contributed by atoms with van der Waals surface area (Å²) >= 11 is 0. The Bertz CT molecular complexity index is 704. The summed E-state index contributed by atoms with van der Waals surface area (Å²) in [6, 6.07) is 10.3. The maximum atomic E-state index is 12.0. The number of H-pyrrole nitrogens is 1. The number of aromatic amines is 1. The number of aryl methyl sites for hydroxylation is 1. The van der Waals surface area contributed by atoms with E-state index in [2.05, 4.69) is 9.72 Å². The first-order chi connectivity index (χ1) is 10.1. The summed E-state index contributed by atoms with van der Waals surface area (Å²) in [6.07, 6.45) is 1.78. The van der Waals surface area contributed by atoms with Gasteiger partial charge in [0.2, 0.25) is 0 Å². The molecule has 0 unspecified atom stereocenters. The first-order valence-electron chi connectivity index (χ1n) is 6.50. The molecule has 0 atom stereocenters. The van der Waals surface area contributed by atoms with Crippen molar-refractivity contribution in [3.63, 3.8) is 0 Å². The fourth-order valence-electron chi connectivity index (χ4n) is 1.97. The molecule has 0 fully saturated rings. The lowest BCUT2D eigenvalue weighted by Crippen LogP contribution is -2.16. The second-order valence-corrected chi connectivity index (χ2v) is 4.52. The number of Topliss-reactive ketones (excluding diaryl/α,β-unsaturated/α-hetero) is 1. The van der Waals surface area contributed by atoms with Gasteiger partial charge in [-0.3, -0.25) is 9.59 Å². The van der Waals surface area contributed by atoms with E-state index in [1.54, 1.807) is 24.3 Å². The van der Waals surface area contributed by atoms with Crippen molar-refractivity contribution in [1.29, 1.82) is 0 Å². The number of methoxy groups -OCH3 is 1. The van der Waals surface area contributed by atoms with Crippen molar-refractivity contribution < 1.29 is 14.3 Å². The van der Waals surface area contributed by atoms with E-state index in [1.807, 2.05) is 6.07 Å². The smallest absolute Gasteiger partial charge is 0.339 e. The molecule has 0 aliphatic heterocycles. The van der Waals surface area contributed by atoms with E-state index in [0.29, 0.717) is 11.1 Å². The van der Waals surface area contributed by atoms with Crippen LogP contribution in [0, 0.1) is 0 Å². The molecule has 0 spiro atoms. The zero-order valence-electron chi connectivity index (χ0n) is 11.6. The van der Waals surface area contributed by atoms with Crippen molar-refractivity contribution in [2.45, 2.75) is 12.8 Å². The van der Waals surface area contributed by atoms with Gasteiger partial charge in [0.05, 0.1) is 12.7 Å². The highest BCUT2D eigenvalue weighted by molar-refractivity contribution is 5.96. The number of rotatable bonds is 5. The molecule has 21 heavy (non-hydrogen) atoms. The van der Waals surface area contributed by atoms with Gasteiger partial charge in [-0.1, -0.05) is 30.3 Å². The third-order valence-electron chi connectivity index (χ3n) is 3.12. The lowest BCUT2D eigenvalue weighted by atomic mass is 10.0. The van der Waals surface area contributed by atoms with Gasteiger partial charge in [-0.15, -0.1) is 0 Å². The lowest BCUT2D eigenvalue weighted by molar-refractivity contribution is 0.0600. The highest BCUT2D eigenvalue weighted by Gasteiger charge is 2.11. The van der Waals surface area contributed by atoms with E-state index < -0.39 is 5.97 Å². The van der Waals surface area contributed by atoms with Crippen LogP contribution in [0.1, 0.15) is 32.7 Å². The van der Waals surface area contributed by atoms with Gasteiger partial charge >= 0.3 is 5.97 Å². The molecule has 0 saturated carbocycles. The molecule has 5 heteroatoms. The number of hydrogen-bond donors (Lipinski definition) is 1. The first kappa shape index (κ1) is 14.7. The molecule has 2 aromatic rings. The highest BCUT2D eigenvalue weighted by Crippen LogP contribution is 2.08. The summed E-state index contributed by atoms with van der Waals surface area (Å²) in [5, 5.41) is 0. The van der Waals surface area contributed by atoms with E-state index in [4.69, 9.17) is 0 Å². The monoisotopic (exact) mass is 285 g/mol. The zero-order valence-corrected chi connectivity index (χ0v) is 11.6. The topological polar surface area (TPSA) is 76.2 Å². The van der Waals surface area contributed by atoms with E-state index in [0.717, 1.165) is 0 Å². The van der Waals surface area contributed by atoms with Crippen LogP contribution in [0.2, 0.25) is 0 Å². The first-order valence-corrected chi connectivity index (χ1v) is 6.50. The van der Waals surface area contributed by atoms with Crippen LogP contribution in [-0.4, -0.2) is 23.8 Å². The summed E-state index contributed by atoms with van der Waals surface area (Å²) in [6.45, 7) is 0. The van der Waals surface area contributed by atoms with Crippen LogP contribution in [-0.2, 0) is 11.2 Å². The Hall–Kier alpha value is -2.69. The highest BCUT2D eigenvalue weighted by atomic mass is 16.5. The molecule has 1 aromatic heterocycles.